The lowest BCUT2D eigenvalue weighted by Gasteiger charge is -2.27. The van der Waals surface area contributed by atoms with E-state index in [0.717, 1.165) is 28.4 Å². The van der Waals surface area contributed by atoms with E-state index in [1.807, 2.05) is 34.7 Å². The van der Waals surface area contributed by atoms with Gasteiger partial charge in [0.05, 0.1) is 22.9 Å². The Bertz CT molecular complexity index is 1330. The van der Waals surface area contributed by atoms with Crippen molar-refractivity contribution in [1.29, 1.82) is 0 Å². The van der Waals surface area contributed by atoms with E-state index in [0.29, 0.717) is 42.9 Å². The number of nitrogens with zero attached hydrogens (tertiary/aromatic N) is 5. The van der Waals surface area contributed by atoms with Crippen LogP contribution in [0.25, 0.3) is 11.0 Å². The first-order chi connectivity index (χ1) is 14.8. The topological polar surface area (TPSA) is 91.4 Å². The highest BCUT2D eigenvalue weighted by Gasteiger charge is 2.44. The number of amides is 1. The number of fused-ring (bicyclic) bond motifs is 2. The van der Waals surface area contributed by atoms with E-state index in [4.69, 9.17) is 4.74 Å². The van der Waals surface area contributed by atoms with Gasteiger partial charge in [-0.15, -0.1) is 0 Å². The predicted molar refractivity (Wildman–Crippen MR) is 114 cm³/mol. The molecule has 1 spiro atoms. The molecule has 0 radical (unpaired) electrons. The maximum Gasteiger partial charge on any atom is 0.333 e. The number of rotatable bonds is 1. The molecule has 1 atom stereocenters. The summed E-state index contributed by atoms with van der Waals surface area (Å²) in [4.78, 5) is 44.2. The van der Waals surface area contributed by atoms with Crippen molar-refractivity contribution in [3.8, 4) is 5.88 Å². The minimum atomic E-state index is -0.556. The fourth-order valence-electron chi connectivity index (χ4n) is 4.84. The standard InChI is InChI=1S/C22H25N5O4/c1-24-13-23-16-11-14(5-6-17(16)24)18(28)27-9-4-7-22(8-10-27)12-15-19(29)25(2)21(30)26(3)20(15)31-22/h5-6,11,13H,4,7-10,12H2,1-3H3/t22-/m0/s1. The highest BCUT2D eigenvalue weighted by molar-refractivity contribution is 5.97. The third kappa shape index (κ3) is 2.98. The van der Waals surface area contributed by atoms with Crippen molar-refractivity contribution in [2.45, 2.75) is 31.3 Å². The van der Waals surface area contributed by atoms with Gasteiger partial charge >= 0.3 is 5.69 Å². The Hall–Kier alpha value is -3.36. The number of aromatic nitrogens is 4. The molecule has 1 amide bonds. The third-order valence-corrected chi connectivity index (χ3v) is 6.67. The van der Waals surface area contributed by atoms with Gasteiger partial charge in [-0.2, -0.15) is 0 Å². The number of likely N-dealkylation sites (tertiary alicyclic amines) is 1. The van der Waals surface area contributed by atoms with Crippen molar-refractivity contribution < 1.29 is 9.53 Å². The van der Waals surface area contributed by atoms with Gasteiger partial charge < -0.3 is 14.2 Å². The van der Waals surface area contributed by atoms with Crippen LogP contribution in [0.15, 0.2) is 34.1 Å². The van der Waals surface area contributed by atoms with Crippen molar-refractivity contribution in [1.82, 2.24) is 23.6 Å². The summed E-state index contributed by atoms with van der Waals surface area (Å²) in [5.41, 5.74) is 1.70. The molecule has 1 aromatic carbocycles. The van der Waals surface area contributed by atoms with Gasteiger partial charge in [-0.1, -0.05) is 0 Å². The summed E-state index contributed by atoms with van der Waals surface area (Å²) in [5.74, 6) is 0.344. The number of hydrogen-bond donors (Lipinski definition) is 0. The molecule has 0 saturated carbocycles. The molecular formula is C22H25N5O4. The molecule has 0 unspecified atom stereocenters. The average Bonchev–Trinajstić information content (AvgIpc) is 3.26. The van der Waals surface area contributed by atoms with Gasteiger partial charge in [-0.05, 0) is 31.0 Å². The molecule has 2 aliphatic rings. The van der Waals surface area contributed by atoms with Crippen LogP contribution in [-0.4, -0.2) is 48.2 Å². The van der Waals surface area contributed by atoms with E-state index in [2.05, 4.69) is 4.98 Å². The molecule has 2 aliphatic heterocycles. The average molecular weight is 423 g/mol. The SMILES string of the molecule is Cn1c2c(c(=O)n(C)c1=O)C[C@@]1(CCCN(C(=O)c3ccc4c(c3)ncn4C)CC1)O2. The lowest BCUT2D eigenvalue weighted by atomic mass is 9.90. The second-order valence-corrected chi connectivity index (χ2v) is 8.66. The molecule has 5 rings (SSSR count). The molecule has 31 heavy (non-hydrogen) atoms. The minimum absolute atomic E-state index is 0.0246. The van der Waals surface area contributed by atoms with Crippen molar-refractivity contribution >= 4 is 16.9 Å². The molecular weight excluding hydrogens is 398 g/mol. The summed E-state index contributed by atoms with van der Waals surface area (Å²) >= 11 is 0. The molecule has 0 N–H and O–H groups in total. The Morgan fingerprint density at radius 3 is 2.71 bits per heavy atom. The van der Waals surface area contributed by atoms with Crippen LogP contribution in [0, 0.1) is 0 Å². The monoisotopic (exact) mass is 423 g/mol. The van der Waals surface area contributed by atoms with E-state index in [-0.39, 0.29) is 11.5 Å². The van der Waals surface area contributed by atoms with Crippen LogP contribution in [0.3, 0.4) is 0 Å². The number of aryl methyl sites for hydroxylation is 1. The molecule has 0 bridgehead atoms. The molecule has 9 nitrogen and oxygen atoms in total. The first kappa shape index (κ1) is 19.6. The third-order valence-electron chi connectivity index (χ3n) is 6.67. The normalized spacial score (nSPS) is 20.7. The van der Waals surface area contributed by atoms with Gasteiger partial charge in [0, 0.05) is 52.6 Å². The van der Waals surface area contributed by atoms with Crippen LogP contribution in [0.4, 0.5) is 0 Å². The zero-order chi connectivity index (χ0) is 21.9. The summed E-state index contributed by atoms with van der Waals surface area (Å²) in [7, 11) is 5.04. The molecule has 1 fully saturated rings. The summed E-state index contributed by atoms with van der Waals surface area (Å²) in [6.45, 7) is 1.15. The Morgan fingerprint density at radius 2 is 1.90 bits per heavy atom. The zero-order valence-corrected chi connectivity index (χ0v) is 17.9. The van der Waals surface area contributed by atoms with Gasteiger partial charge in [-0.3, -0.25) is 18.7 Å². The van der Waals surface area contributed by atoms with Crippen LogP contribution in [0.5, 0.6) is 5.88 Å². The fraction of sp³-hybridized carbons (Fsp3) is 0.455. The van der Waals surface area contributed by atoms with E-state index in [1.54, 1.807) is 13.4 Å². The van der Waals surface area contributed by atoms with Crippen molar-refractivity contribution in [3.05, 3.63) is 56.5 Å². The number of benzene rings is 1. The van der Waals surface area contributed by atoms with Gasteiger partial charge in [0.15, 0.2) is 0 Å². The first-order valence-electron chi connectivity index (χ1n) is 10.5. The molecule has 0 aliphatic carbocycles. The van der Waals surface area contributed by atoms with E-state index in [1.165, 1.54) is 11.6 Å². The quantitative estimate of drug-likeness (QED) is 0.582. The largest absolute Gasteiger partial charge is 0.471 e. The number of carbonyl (C=O) groups excluding carboxylic acids is 1. The molecule has 162 valence electrons. The van der Waals surface area contributed by atoms with Crippen LogP contribution < -0.4 is 16.0 Å². The number of hydrogen-bond acceptors (Lipinski definition) is 5. The number of carbonyl (C=O) groups is 1. The predicted octanol–water partition coefficient (Wildman–Crippen LogP) is 0.971. The molecule has 4 heterocycles. The highest BCUT2D eigenvalue weighted by atomic mass is 16.5. The lowest BCUT2D eigenvalue weighted by molar-refractivity contribution is 0.0636. The van der Waals surface area contributed by atoms with Gasteiger partial charge in [-0.25, -0.2) is 9.78 Å². The minimum Gasteiger partial charge on any atom is -0.471 e. The summed E-state index contributed by atoms with van der Waals surface area (Å²) < 4.78 is 10.7. The van der Waals surface area contributed by atoms with Crippen LogP contribution in [0.1, 0.15) is 35.2 Å². The Balaban J connectivity index is 1.38. The van der Waals surface area contributed by atoms with Gasteiger partial charge in [0.2, 0.25) is 5.88 Å². The van der Waals surface area contributed by atoms with Crippen LogP contribution in [-0.2, 0) is 27.6 Å². The van der Waals surface area contributed by atoms with Crippen molar-refractivity contribution in [3.63, 3.8) is 0 Å². The number of imidazole rings is 1. The van der Waals surface area contributed by atoms with Crippen molar-refractivity contribution in [2.24, 2.45) is 21.1 Å². The Morgan fingerprint density at radius 1 is 1.10 bits per heavy atom. The highest BCUT2D eigenvalue weighted by Crippen LogP contribution is 2.39. The van der Waals surface area contributed by atoms with Crippen molar-refractivity contribution in [2.75, 3.05) is 13.1 Å². The lowest BCUT2D eigenvalue weighted by Crippen LogP contribution is -2.38. The second-order valence-electron chi connectivity index (χ2n) is 8.66. The summed E-state index contributed by atoms with van der Waals surface area (Å²) in [5, 5.41) is 0. The van der Waals surface area contributed by atoms with Crippen LogP contribution >= 0.6 is 0 Å². The molecule has 2 aromatic heterocycles. The molecule has 9 heteroatoms. The summed E-state index contributed by atoms with van der Waals surface area (Å²) in [6.07, 6.45) is 4.30. The fourth-order valence-corrected chi connectivity index (χ4v) is 4.84. The molecule has 3 aromatic rings. The zero-order valence-electron chi connectivity index (χ0n) is 17.9. The summed E-state index contributed by atoms with van der Waals surface area (Å²) in [6, 6.07) is 5.59. The maximum atomic E-state index is 13.2. The maximum absolute atomic E-state index is 13.2. The van der Waals surface area contributed by atoms with Crippen LogP contribution in [0.2, 0.25) is 0 Å². The van der Waals surface area contributed by atoms with E-state index < -0.39 is 11.3 Å². The number of ether oxygens (including phenoxy) is 1. The Labute approximate surface area is 178 Å². The van der Waals surface area contributed by atoms with Gasteiger partial charge in [0.25, 0.3) is 11.5 Å². The van der Waals surface area contributed by atoms with E-state index in [9.17, 15) is 14.4 Å². The van der Waals surface area contributed by atoms with Gasteiger partial charge in [0.1, 0.15) is 5.60 Å². The van der Waals surface area contributed by atoms with E-state index >= 15 is 0 Å². The molecule has 1 saturated heterocycles. The Kier molecular flexibility index (Phi) is 4.32. The smallest absolute Gasteiger partial charge is 0.333 e. The first-order valence-corrected chi connectivity index (χ1v) is 10.5. The second kappa shape index (κ2) is 6.83.